The Morgan fingerprint density at radius 3 is 2.56 bits per heavy atom. The molecule has 6 nitrogen and oxygen atoms in total. The van der Waals surface area contributed by atoms with Crippen LogP contribution in [0.5, 0.6) is 0 Å². The van der Waals surface area contributed by atoms with Gasteiger partial charge in [-0.3, -0.25) is 4.79 Å². The number of hydrogen-bond donors (Lipinski definition) is 3. The third-order valence-corrected chi connectivity index (χ3v) is 4.52. The molecular formula is C19H25N3O3. The van der Waals surface area contributed by atoms with Crippen molar-refractivity contribution in [1.82, 2.24) is 10.6 Å². The van der Waals surface area contributed by atoms with E-state index in [2.05, 4.69) is 16.0 Å². The van der Waals surface area contributed by atoms with Crippen LogP contribution in [0.25, 0.3) is 0 Å². The number of amides is 3. The van der Waals surface area contributed by atoms with Crippen LogP contribution in [0.2, 0.25) is 0 Å². The molecule has 1 fully saturated rings. The molecular weight excluding hydrogens is 318 g/mol. The molecule has 0 radical (unpaired) electrons. The molecule has 2 aliphatic rings. The molecule has 1 aromatic carbocycles. The van der Waals surface area contributed by atoms with Crippen LogP contribution in [0.3, 0.4) is 0 Å². The minimum Gasteiger partial charge on any atom is -0.498 e. The number of allylic oxidation sites excluding steroid dienone is 1. The Kier molecular flexibility index (Phi) is 5.26. The fourth-order valence-corrected chi connectivity index (χ4v) is 2.81. The third-order valence-electron chi connectivity index (χ3n) is 4.52. The first-order valence-corrected chi connectivity index (χ1v) is 8.84. The molecule has 3 amide bonds. The van der Waals surface area contributed by atoms with Gasteiger partial charge in [0.25, 0.3) is 5.91 Å². The largest absolute Gasteiger partial charge is 0.498 e. The normalized spacial score (nSPS) is 18.2. The second kappa shape index (κ2) is 7.59. The van der Waals surface area contributed by atoms with Gasteiger partial charge in [0.15, 0.2) is 0 Å². The summed E-state index contributed by atoms with van der Waals surface area (Å²) in [6.45, 7) is 4.46. The highest BCUT2D eigenvalue weighted by molar-refractivity contribution is 5.94. The van der Waals surface area contributed by atoms with Gasteiger partial charge in [0, 0.05) is 11.7 Å². The van der Waals surface area contributed by atoms with Crippen molar-refractivity contribution in [3.8, 4) is 0 Å². The van der Waals surface area contributed by atoms with Crippen LogP contribution in [0.4, 0.5) is 10.5 Å². The van der Waals surface area contributed by atoms with Gasteiger partial charge in [-0.1, -0.05) is 12.1 Å². The summed E-state index contributed by atoms with van der Waals surface area (Å²) in [6, 6.07) is 7.56. The fourth-order valence-electron chi connectivity index (χ4n) is 2.81. The number of carbonyl (C=O) groups excluding carboxylic acids is 2. The lowest BCUT2D eigenvalue weighted by Gasteiger charge is -2.21. The van der Waals surface area contributed by atoms with Crippen molar-refractivity contribution >= 4 is 17.6 Å². The van der Waals surface area contributed by atoms with E-state index in [4.69, 9.17) is 4.74 Å². The summed E-state index contributed by atoms with van der Waals surface area (Å²) in [5.41, 5.74) is 2.45. The minimum absolute atomic E-state index is 0.0734. The van der Waals surface area contributed by atoms with Crippen LogP contribution >= 0.6 is 0 Å². The van der Waals surface area contributed by atoms with Gasteiger partial charge < -0.3 is 20.7 Å². The zero-order valence-electron chi connectivity index (χ0n) is 14.7. The van der Waals surface area contributed by atoms with E-state index in [0.29, 0.717) is 12.6 Å². The standard InChI is InChI=1S/C19H25N3O3/c1-12(20-18(23)17-4-3-11-25-13(17)2)14-5-7-15(8-6-14)21-19(24)22-16-9-10-16/h5-8,12,16H,3-4,9-11H2,1-2H3,(H,20,23)(H2,21,22,24)/t12-/m1/s1. The summed E-state index contributed by atoms with van der Waals surface area (Å²) in [4.78, 5) is 24.1. The maximum Gasteiger partial charge on any atom is 0.319 e. The summed E-state index contributed by atoms with van der Waals surface area (Å²) in [5, 5.41) is 8.71. The third kappa shape index (κ3) is 4.75. The number of urea groups is 1. The maximum atomic E-state index is 12.4. The molecule has 25 heavy (non-hydrogen) atoms. The molecule has 1 aliphatic carbocycles. The molecule has 134 valence electrons. The Morgan fingerprint density at radius 1 is 1.20 bits per heavy atom. The SMILES string of the molecule is CC1=C(C(=O)N[C@H](C)c2ccc(NC(=O)NC3CC3)cc2)CCCO1. The van der Waals surface area contributed by atoms with E-state index >= 15 is 0 Å². The van der Waals surface area contributed by atoms with Crippen LogP contribution in [-0.4, -0.2) is 24.6 Å². The van der Waals surface area contributed by atoms with Crippen molar-refractivity contribution < 1.29 is 14.3 Å². The molecule has 1 saturated carbocycles. The summed E-state index contributed by atoms with van der Waals surface area (Å²) in [5.74, 6) is 0.646. The minimum atomic E-state index is -0.170. The highest BCUT2D eigenvalue weighted by Gasteiger charge is 2.23. The molecule has 1 atom stereocenters. The number of benzene rings is 1. The molecule has 0 spiro atoms. The first-order chi connectivity index (χ1) is 12.0. The predicted octanol–water partition coefficient (Wildman–Crippen LogP) is 3.23. The van der Waals surface area contributed by atoms with Gasteiger partial charge in [-0.2, -0.15) is 0 Å². The van der Waals surface area contributed by atoms with Crippen LogP contribution in [0, 0.1) is 0 Å². The van der Waals surface area contributed by atoms with Gasteiger partial charge in [-0.25, -0.2) is 4.79 Å². The van der Waals surface area contributed by atoms with Crippen LogP contribution in [0.15, 0.2) is 35.6 Å². The predicted molar refractivity (Wildman–Crippen MR) is 96.1 cm³/mol. The molecule has 6 heteroatoms. The van der Waals surface area contributed by atoms with Crippen molar-refractivity contribution in [2.75, 3.05) is 11.9 Å². The highest BCUT2D eigenvalue weighted by Crippen LogP contribution is 2.22. The molecule has 1 aliphatic heterocycles. The molecule has 0 aromatic heterocycles. The van der Waals surface area contributed by atoms with Gasteiger partial charge in [0.1, 0.15) is 5.76 Å². The average molecular weight is 343 g/mol. The Balaban J connectivity index is 1.55. The average Bonchev–Trinajstić information content (AvgIpc) is 3.39. The Hall–Kier alpha value is -2.50. The second-order valence-corrected chi connectivity index (χ2v) is 6.68. The summed E-state index contributed by atoms with van der Waals surface area (Å²) < 4.78 is 5.46. The van der Waals surface area contributed by atoms with Crippen molar-refractivity contribution in [1.29, 1.82) is 0 Å². The molecule has 0 bridgehead atoms. The van der Waals surface area contributed by atoms with Crippen LogP contribution < -0.4 is 16.0 Å². The maximum absolute atomic E-state index is 12.4. The number of anilines is 1. The lowest BCUT2D eigenvalue weighted by molar-refractivity contribution is -0.118. The van der Waals surface area contributed by atoms with Crippen molar-refractivity contribution in [3.05, 3.63) is 41.2 Å². The van der Waals surface area contributed by atoms with Gasteiger partial charge >= 0.3 is 6.03 Å². The lowest BCUT2D eigenvalue weighted by atomic mass is 10.0. The van der Waals surface area contributed by atoms with Gasteiger partial charge in [0.2, 0.25) is 0 Å². The van der Waals surface area contributed by atoms with E-state index in [1.165, 1.54) is 0 Å². The van der Waals surface area contributed by atoms with E-state index in [0.717, 1.165) is 48.3 Å². The second-order valence-electron chi connectivity index (χ2n) is 6.68. The number of ether oxygens (including phenoxy) is 1. The molecule has 3 rings (SSSR count). The first kappa shape index (κ1) is 17.3. The van der Waals surface area contributed by atoms with E-state index in [1.807, 2.05) is 38.1 Å². The number of hydrogen-bond acceptors (Lipinski definition) is 3. The Morgan fingerprint density at radius 2 is 1.92 bits per heavy atom. The zero-order chi connectivity index (χ0) is 17.8. The number of rotatable bonds is 5. The fraction of sp³-hybridized carbons (Fsp3) is 0.474. The lowest BCUT2D eigenvalue weighted by Crippen LogP contribution is -2.30. The van der Waals surface area contributed by atoms with E-state index < -0.39 is 0 Å². The molecule has 3 N–H and O–H groups in total. The molecule has 0 saturated heterocycles. The summed E-state index contributed by atoms with van der Waals surface area (Å²) in [6.07, 6.45) is 3.75. The van der Waals surface area contributed by atoms with Gasteiger partial charge in [-0.05, 0) is 57.2 Å². The van der Waals surface area contributed by atoms with Crippen molar-refractivity contribution in [3.63, 3.8) is 0 Å². The van der Waals surface area contributed by atoms with Gasteiger partial charge in [-0.15, -0.1) is 0 Å². The first-order valence-electron chi connectivity index (χ1n) is 8.84. The van der Waals surface area contributed by atoms with Crippen molar-refractivity contribution in [2.45, 2.75) is 51.6 Å². The van der Waals surface area contributed by atoms with Gasteiger partial charge in [0.05, 0.1) is 18.2 Å². The van der Waals surface area contributed by atoms with Crippen molar-refractivity contribution in [2.24, 2.45) is 0 Å². The van der Waals surface area contributed by atoms with Crippen LogP contribution in [-0.2, 0) is 9.53 Å². The zero-order valence-corrected chi connectivity index (χ0v) is 14.7. The molecule has 0 unspecified atom stereocenters. The number of nitrogens with one attached hydrogen (secondary N) is 3. The van der Waals surface area contributed by atoms with E-state index in [9.17, 15) is 9.59 Å². The Labute approximate surface area is 148 Å². The number of carbonyl (C=O) groups is 2. The highest BCUT2D eigenvalue weighted by atomic mass is 16.5. The Bertz CT molecular complexity index is 678. The smallest absolute Gasteiger partial charge is 0.319 e. The summed E-state index contributed by atoms with van der Waals surface area (Å²) in [7, 11) is 0. The van der Waals surface area contributed by atoms with Crippen LogP contribution in [0.1, 0.15) is 51.1 Å². The molecule has 1 heterocycles. The topological polar surface area (TPSA) is 79.5 Å². The summed E-state index contributed by atoms with van der Waals surface area (Å²) >= 11 is 0. The monoisotopic (exact) mass is 343 g/mol. The van der Waals surface area contributed by atoms with E-state index in [1.54, 1.807) is 0 Å². The molecule has 1 aromatic rings. The van der Waals surface area contributed by atoms with E-state index in [-0.39, 0.29) is 18.0 Å². The quantitative estimate of drug-likeness (QED) is 0.768.